The van der Waals surface area contributed by atoms with Gasteiger partial charge in [-0.05, 0) is 45.4 Å². The van der Waals surface area contributed by atoms with Crippen LogP contribution in [0.2, 0.25) is 0 Å². The molecular weight excluding hydrogens is 347 g/mol. The first-order valence-electron chi connectivity index (χ1n) is 8.37. The Bertz CT molecular complexity index is 484. The van der Waals surface area contributed by atoms with Gasteiger partial charge in [0, 0.05) is 38.4 Å². The number of halogens is 2. The Balaban J connectivity index is 0.00000264. The number of pyridine rings is 1. The molecule has 1 saturated heterocycles. The molecule has 1 N–H and O–H groups in total. The number of rotatable bonds is 6. The molecule has 2 heterocycles. The number of anilines is 1. The Labute approximate surface area is 158 Å². The summed E-state index contributed by atoms with van der Waals surface area (Å²) in [6.07, 6.45) is 5.01. The van der Waals surface area contributed by atoms with Gasteiger partial charge in [-0.15, -0.1) is 24.8 Å². The van der Waals surface area contributed by atoms with Gasteiger partial charge in [-0.3, -0.25) is 4.79 Å². The molecule has 0 radical (unpaired) electrons. The van der Waals surface area contributed by atoms with Crippen LogP contribution in [-0.4, -0.2) is 55.1 Å². The molecule has 1 aliphatic rings. The average Bonchev–Trinajstić information content (AvgIpc) is 2.59. The summed E-state index contributed by atoms with van der Waals surface area (Å²) >= 11 is 0. The summed E-state index contributed by atoms with van der Waals surface area (Å²) in [4.78, 5) is 21.2. The van der Waals surface area contributed by atoms with Gasteiger partial charge in [-0.1, -0.05) is 6.92 Å². The van der Waals surface area contributed by atoms with E-state index in [-0.39, 0.29) is 30.7 Å². The number of piperidine rings is 1. The molecule has 1 aromatic heterocycles. The first kappa shape index (κ1) is 23.0. The van der Waals surface area contributed by atoms with Gasteiger partial charge in [0.2, 0.25) is 0 Å². The molecule has 1 fully saturated rings. The Kier molecular flexibility index (Phi) is 11.0. The van der Waals surface area contributed by atoms with Gasteiger partial charge in [-0.25, -0.2) is 4.98 Å². The SMILES string of the molecule is CCCN(CC)c1ccc(C(=O)N2CCCC(NC)C2)cn1.Cl.Cl. The third kappa shape index (κ3) is 5.80. The molecule has 0 spiro atoms. The number of hydrogen-bond acceptors (Lipinski definition) is 4. The maximum Gasteiger partial charge on any atom is 0.255 e. The number of nitrogens with zero attached hydrogens (tertiary/aromatic N) is 3. The van der Waals surface area contributed by atoms with Crippen molar-refractivity contribution in [2.45, 2.75) is 39.2 Å². The Morgan fingerprint density at radius 2 is 2.12 bits per heavy atom. The van der Waals surface area contributed by atoms with Crippen LogP contribution in [0, 0.1) is 0 Å². The standard InChI is InChI=1S/C17H28N4O.2ClH/c1-4-10-20(5-2)16-9-8-14(12-19-16)17(22)21-11-6-7-15(13-21)18-3;;/h8-9,12,15,18H,4-7,10-11,13H2,1-3H3;2*1H. The van der Waals surface area contributed by atoms with Crippen LogP contribution in [0.3, 0.4) is 0 Å². The Hall–Kier alpha value is -1.04. The smallest absolute Gasteiger partial charge is 0.255 e. The molecule has 24 heavy (non-hydrogen) atoms. The third-order valence-corrected chi connectivity index (χ3v) is 4.31. The van der Waals surface area contributed by atoms with Crippen molar-refractivity contribution in [1.82, 2.24) is 15.2 Å². The number of likely N-dealkylation sites (tertiary alicyclic amines) is 1. The van der Waals surface area contributed by atoms with Crippen LogP contribution in [-0.2, 0) is 0 Å². The molecule has 0 aliphatic carbocycles. The van der Waals surface area contributed by atoms with E-state index in [1.54, 1.807) is 6.20 Å². The molecule has 1 atom stereocenters. The van der Waals surface area contributed by atoms with Crippen LogP contribution in [0.15, 0.2) is 18.3 Å². The maximum absolute atomic E-state index is 12.6. The van der Waals surface area contributed by atoms with Crippen molar-refractivity contribution in [3.63, 3.8) is 0 Å². The van der Waals surface area contributed by atoms with E-state index in [1.807, 2.05) is 24.1 Å². The normalized spacial score (nSPS) is 16.8. The first-order chi connectivity index (χ1) is 10.7. The zero-order valence-corrected chi connectivity index (χ0v) is 16.5. The second kappa shape index (κ2) is 11.5. The van der Waals surface area contributed by atoms with E-state index in [4.69, 9.17) is 0 Å². The fraction of sp³-hybridized carbons (Fsp3) is 0.647. The molecule has 2 rings (SSSR count). The highest BCUT2D eigenvalue weighted by molar-refractivity contribution is 5.94. The molecule has 1 unspecified atom stereocenters. The Morgan fingerprint density at radius 3 is 2.67 bits per heavy atom. The minimum atomic E-state index is 0. The molecular formula is C17H30Cl2N4O. The number of aromatic nitrogens is 1. The molecule has 1 aliphatic heterocycles. The summed E-state index contributed by atoms with van der Waals surface area (Å²) in [5.41, 5.74) is 0.688. The fourth-order valence-corrected chi connectivity index (χ4v) is 2.98. The molecule has 0 aromatic carbocycles. The van der Waals surface area contributed by atoms with Gasteiger partial charge in [0.15, 0.2) is 0 Å². The number of nitrogens with one attached hydrogen (secondary N) is 1. The lowest BCUT2D eigenvalue weighted by Crippen LogP contribution is -2.47. The molecule has 1 amide bonds. The van der Waals surface area contributed by atoms with Crippen molar-refractivity contribution in [2.75, 3.05) is 38.1 Å². The molecule has 0 saturated carbocycles. The van der Waals surface area contributed by atoms with Crippen LogP contribution < -0.4 is 10.2 Å². The van der Waals surface area contributed by atoms with E-state index in [0.717, 1.165) is 51.3 Å². The quantitative estimate of drug-likeness (QED) is 0.828. The van der Waals surface area contributed by atoms with Crippen LogP contribution >= 0.6 is 24.8 Å². The lowest BCUT2D eigenvalue weighted by atomic mass is 10.1. The van der Waals surface area contributed by atoms with Gasteiger partial charge in [0.1, 0.15) is 5.82 Å². The predicted molar refractivity (Wildman–Crippen MR) is 105 cm³/mol. The first-order valence-corrected chi connectivity index (χ1v) is 8.37. The summed E-state index contributed by atoms with van der Waals surface area (Å²) in [5, 5.41) is 3.27. The minimum Gasteiger partial charge on any atom is -0.357 e. The van der Waals surface area contributed by atoms with Crippen LogP contribution in [0.5, 0.6) is 0 Å². The van der Waals surface area contributed by atoms with Crippen LogP contribution in [0.25, 0.3) is 0 Å². The minimum absolute atomic E-state index is 0. The van der Waals surface area contributed by atoms with E-state index in [0.29, 0.717) is 11.6 Å². The highest BCUT2D eigenvalue weighted by atomic mass is 35.5. The highest BCUT2D eigenvalue weighted by Crippen LogP contribution is 2.16. The maximum atomic E-state index is 12.6. The summed E-state index contributed by atoms with van der Waals surface area (Å²) < 4.78 is 0. The molecule has 138 valence electrons. The van der Waals surface area contributed by atoms with E-state index in [2.05, 4.69) is 29.0 Å². The van der Waals surface area contributed by atoms with Gasteiger partial charge >= 0.3 is 0 Å². The van der Waals surface area contributed by atoms with Gasteiger partial charge in [-0.2, -0.15) is 0 Å². The van der Waals surface area contributed by atoms with Crippen molar-refractivity contribution < 1.29 is 4.79 Å². The van der Waals surface area contributed by atoms with E-state index in [1.165, 1.54) is 0 Å². The van der Waals surface area contributed by atoms with E-state index < -0.39 is 0 Å². The summed E-state index contributed by atoms with van der Waals surface area (Å²) in [7, 11) is 1.96. The zero-order valence-electron chi connectivity index (χ0n) is 14.8. The number of likely N-dealkylation sites (N-methyl/N-ethyl adjacent to an activating group) is 1. The Morgan fingerprint density at radius 1 is 1.38 bits per heavy atom. The predicted octanol–water partition coefficient (Wildman–Crippen LogP) is 2.99. The zero-order chi connectivity index (χ0) is 15.9. The number of amides is 1. The monoisotopic (exact) mass is 376 g/mol. The average molecular weight is 377 g/mol. The van der Waals surface area contributed by atoms with Crippen molar-refractivity contribution in [3.05, 3.63) is 23.9 Å². The van der Waals surface area contributed by atoms with Crippen molar-refractivity contribution in [1.29, 1.82) is 0 Å². The van der Waals surface area contributed by atoms with Crippen molar-refractivity contribution in [3.8, 4) is 0 Å². The van der Waals surface area contributed by atoms with Crippen LogP contribution in [0.4, 0.5) is 5.82 Å². The topological polar surface area (TPSA) is 48.5 Å². The number of hydrogen-bond donors (Lipinski definition) is 1. The number of carbonyl (C=O) groups excluding carboxylic acids is 1. The fourth-order valence-electron chi connectivity index (χ4n) is 2.98. The van der Waals surface area contributed by atoms with Crippen LogP contribution in [0.1, 0.15) is 43.5 Å². The van der Waals surface area contributed by atoms with Gasteiger partial charge in [0.05, 0.1) is 5.56 Å². The van der Waals surface area contributed by atoms with Gasteiger partial charge < -0.3 is 15.1 Å². The number of carbonyl (C=O) groups is 1. The van der Waals surface area contributed by atoms with Gasteiger partial charge in [0.25, 0.3) is 5.91 Å². The largest absolute Gasteiger partial charge is 0.357 e. The molecule has 1 aromatic rings. The summed E-state index contributed by atoms with van der Waals surface area (Å²) in [5.74, 6) is 1.05. The second-order valence-corrected chi connectivity index (χ2v) is 5.86. The molecule has 0 bridgehead atoms. The van der Waals surface area contributed by atoms with Crippen molar-refractivity contribution >= 4 is 36.5 Å². The van der Waals surface area contributed by atoms with E-state index in [9.17, 15) is 4.79 Å². The van der Waals surface area contributed by atoms with E-state index >= 15 is 0 Å². The summed E-state index contributed by atoms with van der Waals surface area (Å²) in [6, 6.07) is 4.28. The third-order valence-electron chi connectivity index (χ3n) is 4.31. The molecule has 7 heteroatoms. The molecule has 5 nitrogen and oxygen atoms in total. The lowest BCUT2D eigenvalue weighted by molar-refractivity contribution is 0.0698. The lowest BCUT2D eigenvalue weighted by Gasteiger charge is -2.32. The second-order valence-electron chi connectivity index (χ2n) is 5.86. The summed E-state index contributed by atoms with van der Waals surface area (Å²) in [6.45, 7) is 7.84. The highest BCUT2D eigenvalue weighted by Gasteiger charge is 2.23. The van der Waals surface area contributed by atoms with Crippen molar-refractivity contribution in [2.24, 2.45) is 0 Å².